The van der Waals surface area contributed by atoms with Gasteiger partial charge in [-0.25, -0.2) is 14.5 Å². The van der Waals surface area contributed by atoms with E-state index in [4.69, 9.17) is 4.74 Å². The molecule has 0 aliphatic rings. The lowest BCUT2D eigenvalue weighted by molar-refractivity contribution is -0.141. The van der Waals surface area contributed by atoms with Crippen LogP contribution in [0.2, 0.25) is 0 Å². The Hall–Kier alpha value is -2.58. The Morgan fingerprint density at radius 1 is 1.25 bits per heavy atom. The zero-order chi connectivity index (χ0) is 18.0. The van der Waals surface area contributed by atoms with Crippen LogP contribution in [0.15, 0.2) is 30.7 Å². The van der Waals surface area contributed by atoms with Gasteiger partial charge in [0.25, 0.3) is 0 Å². The lowest BCUT2D eigenvalue weighted by Crippen LogP contribution is -2.32. The summed E-state index contributed by atoms with van der Waals surface area (Å²) in [5.74, 6) is 0. The van der Waals surface area contributed by atoms with Crippen molar-refractivity contribution >= 4 is 6.09 Å². The highest BCUT2D eigenvalue weighted by Gasteiger charge is 2.32. The third-order valence-corrected chi connectivity index (χ3v) is 2.77. The van der Waals surface area contributed by atoms with Crippen molar-refractivity contribution in [3.8, 4) is 5.69 Å². The molecule has 0 atom stereocenters. The Bertz CT molecular complexity index is 703. The maximum atomic E-state index is 12.5. The summed E-state index contributed by atoms with van der Waals surface area (Å²) in [6, 6.07) is 2.16. The van der Waals surface area contributed by atoms with E-state index >= 15 is 0 Å². The number of aromatic nitrogens is 3. The summed E-state index contributed by atoms with van der Waals surface area (Å²) in [4.78, 5) is 14.9. The number of amides is 1. The quantitative estimate of drug-likeness (QED) is 0.929. The summed E-state index contributed by atoms with van der Waals surface area (Å²) in [6.07, 6.45) is -0.880. The Labute approximate surface area is 136 Å². The summed E-state index contributed by atoms with van der Waals surface area (Å²) < 4.78 is 43.9. The number of pyridine rings is 1. The third-order valence-electron chi connectivity index (χ3n) is 2.77. The molecule has 130 valence electrons. The van der Waals surface area contributed by atoms with Gasteiger partial charge in [-0.3, -0.25) is 0 Å². The summed E-state index contributed by atoms with van der Waals surface area (Å²) >= 11 is 0. The molecule has 0 saturated heterocycles. The highest BCUT2D eigenvalue weighted by Crippen LogP contribution is 2.27. The number of halogens is 3. The Kier molecular flexibility index (Phi) is 4.81. The molecule has 2 rings (SSSR count). The van der Waals surface area contributed by atoms with Crippen molar-refractivity contribution in [2.45, 2.75) is 39.1 Å². The number of hydrogen-bond donors (Lipinski definition) is 1. The second kappa shape index (κ2) is 6.50. The van der Waals surface area contributed by atoms with Crippen LogP contribution < -0.4 is 5.32 Å². The van der Waals surface area contributed by atoms with Gasteiger partial charge in [0, 0.05) is 18.3 Å². The number of carbonyl (C=O) groups excluding carboxylic acids is 1. The van der Waals surface area contributed by atoms with Crippen molar-refractivity contribution in [3.05, 3.63) is 42.0 Å². The Morgan fingerprint density at radius 2 is 1.96 bits per heavy atom. The molecule has 0 unspecified atom stereocenters. The second-order valence-electron chi connectivity index (χ2n) is 6.05. The number of rotatable bonds is 3. The second-order valence-corrected chi connectivity index (χ2v) is 6.05. The van der Waals surface area contributed by atoms with Gasteiger partial charge in [-0.2, -0.15) is 18.3 Å². The van der Waals surface area contributed by atoms with Gasteiger partial charge in [0.15, 0.2) is 0 Å². The van der Waals surface area contributed by atoms with E-state index in [2.05, 4.69) is 15.4 Å². The number of nitrogens with zero attached hydrogens (tertiary/aromatic N) is 3. The van der Waals surface area contributed by atoms with E-state index < -0.39 is 23.6 Å². The smallest absolute Gasteiger partial charge is 0.433 e. The van der Waals surface area contributed by atoms with Gasteiger partial charge in [-0.05, 0) is 32.9 Å². The van der Waals surface area contributed by atoms with Gasteiger partial charge in [0.05, 0.1) is 18.1 Å². The van der Waals surface area contributed by atoms with Crippen LogP contribution in [0.4, 0.5) is 18.0 Å². The van der Waals surface area contributed by atoms with Gasteiger partial charge >= 0.3 is 12.3 Å². The minimum absolute atomic E-state index is 0.184. The van der Waals surface area contributed by atoms with Crippen LogP contribution in [0.5, 0.6) is 0 Å². The monoisotopic (exact) mass is 342 g/mol. The minimum atomic E-state index is -4.48. The number of alkyl carbamates (subject to hydrolysis) is 1. The number of carbonyl (C=O) groups is 1. The first-order chi connectivity index (χ1) is 11.0. The summed E-state index contributed by atoms with van der Waals surface area (Å²) in [5, 5.41) is 6.60. The Balaban J connectivity index is 1.99. The van der Waals surface area contributed by atoms with E-state index in [9.17, 15) is 18.0 Å². The third kappa shape index (κ3) is 4.97. The van der Waals surface area contributed by atoms with Gasteiger partial charge in [0.2, 0.25) is 0 Å². The summed E-state index contributed by atoms with van der Waals surface area (Å²) in [7, 11) is 0. The standard InChI is InChI=1S/C15H17F3N4O2/c1-14(2,3)24-13(23)20-6-10-7-21-22(9-10)11-4-5-12(19-8-11)15(16,17)18/h4-5,7-9H,6H2,1-3H3,(H,20,23). The topological polar surface area (TPSA) is 69.0 Å². The van der Waals surface area contributed by atoms with E-state index in [0.717, 1.165) is 12.3 Å². The minimum Gasteiger partial charge on any atom is -0.444 e. The predicted molar refractivity (Wildman–Crippen MR) is 79.4 cm³/mol. The molecule has 0 aliphatic carbocycles. The molecule has 2 heterocycles. The van der Waals surface area contributed by atoms with Gasteiger partial charge in [0.1, 0.15) is 11.3 Å². The van der Waals surface area contributed by atoms with Crippen LogP contribution in [0.3, 0.4) is 0 Å². The van der Waals surface area contributed by atoms with Crippen LogP contribution >= 0.6 is 0 Å². The lowest BCUT2D eigenvalue weighted by Gasteiger charge is -2.19. The fraction of sp³-hybridized carbons (Fsp3) is 0.400. The van der Waals surface area contributed by atoms with Crippen molar-refractivity contribution in [2.75, 3.05) is 0 Å². The molecule has 2 aromatic heterocycles. The molecule has 0 aromatic carbocycles. The molecule has 0 spiro atoms. The average molecular weight is 342 g/mol. The number of alkyl halides is 3. The fourth-order valence-corrected chi connectivity index (χ4v) is 1.77. The molecular formula is C15H17F3N4O2. The highest BCUT2D eigenvalue weighted by atomic mass is 19.4. The number of nitrogens with one attached hydrogen (secondary N) is 1. The molecule has 1 amide bonds. The lowest BCUT2D eigenvalue weighted by atomic mass is 10.2. The van der Waals surface area contributed by atoms with Crippen molar-refractivity contribution in [3.63, 3.8) is 0 Å². The predicted octanol–water partition coefficient (Wildman–Crippen LogP) is 3.31. The van der Waals surface area contributed by atoms with Crippen LogP contribution in [-0.4, -0.2) is 26.5 Å². The first kappa shape index (κ1) is 17.8. The van der Waals surface area contributed by atoms with E-state index in [1.54, 1.807) is 27.0 Å². The molecule has 0 saturated carbocycles. The van der Waals surface area contributed by atoms with Crippen molar-refractivity contribution in [1.82, 2.24) is 20.1 Å². The van der Waals surface area contributed by atoms with Crippen LogP contribution in [0.1, 0.15) is 32.0 Å². The van der Waals surface area contributed by atoms with E-state index in [0.29, 0.717) is 11.3 Å². The molecule has 0 aliphatic heterocycles. The molecular weight excluding hydrogens is 325 g/mol. The van der Waals surface area contributed by atoms with Crippen LogP contribution in [-0.2, 0) is 17.5 Å². The van der Waals surface area contributed by atoms with Gasteiger partial charge in [-0.1, -0.05) is 0 Å². The van der Waals surface area contributed by atoms with Gasteiger partial charge in [-0.15, -0.1) is 0 Å². The summed E-state index contributed by atoms with van der Waals surface area (Å²) in [5.41, 5.74) is -0.516. The molecule has 2 aromatic rings. The highest BCUT2D eigenvalue weighted by molar-refractivity contribution is 5.67. The molecule has 9 heteroatoms. The summed E-state index contributed by atoms with van der Waals surface area (Å²) in [6.45, 7) is 5.44. The molecule has 24 heavy (non-hydrogen) atoms. The van der Waals surface area contributed by atoms with Crippen molar-refractivity contribution in [1.29, 1.82) is 0 Å². The van der Waals surface area contributed by atoms with E-state index in [-0.39, 0.29) is 6.54 Å². The van der Waals surface area contributed by atoms with Crippen molar-refractivity contribution < 1.29 is 22.7 Å². The molecule has 1 N–H and O–H groups in total. The SMILES string of the molecule is CC(C)(C)OC(=O)NCc1cnn(-c2ccc(C(F)(F)F)nc2)c1. The fourth-order valence-electron chi connectivity index (χ4n) is 1.77. The molecule has 0 radical (unpaired) electrons. The van der Waals surface area contributed by atoms with Crippen LogP contribution in [0, 0.1) is 0 Å². The largest absolute Gasteiger partial charge is 0.444 e. The zero-order valence-electron chi connectivity index (χ0n) is 13.4. The van der Waals surface area contributed by atoms with Gasteiger partial charge < -0.3 is 10.1 Å². The van der Waals surface area contributed by atoms with E-state index in [1.807, 2.05) is 0 Å². The normalized spacial score (nSPS) is 12.1. The molecule has 0 fully saturated rings. The number of hydrogen-bond acceptors (Lipinski definition) is 4. The zero-order valence-corrected chi connectivity index (χ0v) is 13.4. The average Bonchev–Trinajstić information content (AvgIpc) is 2.91. The number of ether oxygens (including phenoxy) is 1. The molecule has 6 nitrogen and oxygen atoms in total. The van der Waals surface area contributed by atoms with Crippen LogP contribution in [0.25, 0.3) is 5.69 Å². The van der Waals surface area contributed by atoms with Crippen molar-refractivity contribution in [2.24, 2.45) is 0 Å². The Morgan fingerprint density at radius 3 is 2.50 bits per heavy atom. The van der Waals surface area contributed by atoms with E-state index in [1.165, 1.54) is 16.9 Å². The first-order valence-corrected chi connectivity index (χ1v) is 7.08. The first-order valence-electron chi connectivity index (χ1n) is 7.08. The maximum absolute atomic E-state index is 12.5. The molecule has 0 bridgehead atoms. The maximum Gasteiger partial charge on any atom is 0.433 e.